The van der Waals surface area contributed by atoms with Crippen LogP contribution in [0.3, 0.4) is 0 Å². The van der Waals surface area contributed by atoms with Crippen LogP contribution in [0.5, 0.6) is 0 Å². The van der Waals surface area contributed by atoms with Crippen LogP contribution < -0.4 is 0 Å². The van der Waals surface area contributed by atoms with Crippen LogP contribution >= 0.6 is 33.4 Å². The molecule has 0 amide bonds. The molecule has 0 bridgehead atoms. The standard InChI is InChI=1S/4C15H9.C6H16O2P2.C2H4F4P2.4Au/c1-2-11-7-8-15-13(9-11)10-12-5-3-4-6-14(12)15;3*1-2-11-7-8-13-10-12-5-3-4-6-14(12)15(13)9-11;1-7-9(3)5-6-10(4)8-2;3-7(4)1-2-8(5)6;;;;/h4*3-9H,10H2;5-6H2,1-4H3;1-2H2;;;;/q4*-1;;;4*+1/p+4. The summed E-state index contributed by atoms with van der Waals surface area (Å²) in [5.41, 5.74) is 24.7. The second-order valence-corrected chi connectivity index (χ2v) is 25.8. The molecule has 2 unspecified atom stereocenters. The number of benzene rings is 8. The van der Waals surface area contributed by atoms with Crippen molar-refractivity contribution >= 4 is 33.4 Å². The summed E-state index contributed by atoms with van der Waals surface area (Å²) in [6.07, 6.45) is 33.9. The Bertz CT molecular complexity index is 3280. The van der Waals surface area contributed by atoms with Crippen molar-refractivity contribution in [1.82, 2.24) is 0 Å². The molecule has 0 aliphatic heterocycles. The van der Waals surface area contributed by atoms with Crippen LogP contribution in [0.2, 0.25) is 0 Å². The summed E-state index contributed by atoms with van der Waals surface area (Å²) in [7, 11) is -4.16. The van der Waals surface area contributed by atoms with Crippen molar-refractivity contribution in [1.29, 1.82) is 0 Å². The van der Waals surface area contributed by atoms with E-state index in [0.29, 0.717) is 0 Å². The molecule has 0 fully saturated rings. The van der Waals surface area contributed by atoms with Crippen LogP contribution in [0.25, 0.3) is 44.5 Å². The molecule has 0 aromatic heterocycles. The van der Waals surface area contributed by atoms with Crippen molar-refractivity contribution in [3.63, 3.8) is 0 Å². The first kappa shape index (κ1) is 72.6. The molecule has 12 rings (SSSR count). The van der Waals surface area contributed by atoms with Crippen molar-refractivity contribution in [3.05, 3.63) is 262 Å². The number of halogens is 4. The molecule has 0 saturated heterocycles. The number of hydrogen-bond acceptors (Lipinski definition) is 2. The van der Waals surface area contributed by atoms with Crippen LogP contribution in [0.1, 0.15) is 66.8 Å². The first-order valence-electron chi connectivity index (χ1n) is 25.5. The SMILES string of the molecule is CO[PH+](C)CC[PH+](C)OC.F[PH+](F)CC[PH+](F)F.[Au+].[Au+].[Au+].[Au+].[C-]#Cc1ccc2c(c1)-c1ccccc1C2.[C-]#Cc1ccc2c(c1)-c1ccccc1C2.[C-]#Cc1ccc2c(c1)-c1ccccc1C2.[C-]#Cc1ccc2c(c1)Cc1ccccc1-2. The summed E-state index contributed by atoms with van der Waals surface area (Å²) in [5, 5.41) is 0. The molecule has 0 N–H and O–H groups in total. The summed E-state index contributed by atoms with van der Waals surface area (Å²) in [4.78, 5) is 0. The fourth-order valence-electron chi connectivity index (χ4n) is 9.57. The molecule has 14 heteroatoms. The Kier molecular flexibility index (Phi) is 32.8. The van der Waals surface area contributed by atoms with E-state index < -0.39 is 45.7 Å². The minimum absolute atomic E-state index is 0. The Morgan fingerprint density at radius 1 is 0.329 bits per heavy atom. The van der Waals surface area contributed by atoms with E-state index in [1.807, 2.05) is 42.5 Å². The minimum Gasteiger partial charge on any atom is -0.366 e. The zero-order valence-electron chi connectivity index (χ0n) is 45.4. The maximum Gasteiger partial charge on any atom is 1.00 e. The van der Waals surface area contributed by atoms with E-state index in [1.165, 1.54) is 101 Å². The van der Waals surface area contributed by atoms with E-state index in [1.54, 1.807) is 14.2 Å². The molecule has 8 aromatic rings. The summed E-state index contributed by atoms with van der Waals surface area (Å²) < 4.78 is 55.1. The predicted octanol–water partition coefficient (Wildman–Crippen LogP) is 17.5. The quantitative estimate of drug-likeness (QED) is 0.0496. The largest absolute Gasteiger partial charge is 1.00 e. The maximum absolute atomic E-state index is 11.2. The Morgan fingerprint density at radius 3 is 0.866 bits per heavy atom. The van der Waals surface area contributed by atoms with E-state index in [-0.39, 0.29) is 89.5 Å². The van der Waals surface area contributed by atoms with Gasteiger partial charge in [0.05, 0.1) is 27.5 Å². The Morgan fingerprint density at radius 2 is 0.573 bits per heavy atom. The molecule has 4 aliphatic carbocycles. The number of fused-ring (bicyclic) bond motifs is 12. The van der Waals surface area contributed by atoms with Crippen molar-refractivity contribution in [3.8, 4) is 68.2 Å². The first-order chi connectivity index (χ1) is 37.9. The molecule has 4 aliphatic rings. The third-order valence-corrected chi connectivity index (χ3v) is 19.4. The van der Waals surface area contributed by atoms with Crippen LogP contribution in [-0.2, 0) is 124 Å². The van der Waals surface area contributed by atoms with Gasteiger partial charge in [0.2, 0.25) is 0 Å². The summed E-state index contributed by atoms with van der Waals surface area (Å²) in [6, 6.07) is 58.3. The molecule has 432 valence electrons. The predicted molar refractivity (Wildman–Crippen MR) is 327 cm³/mol. The number of rotatable bonds is 8. The van der Waals surface area contributed by atoms with E-state index >= 15 is 0 Å². The molecule has 8 aromatic carbocycles. The van der Waals surface area contributed by atoms with Gasteiger partial charge in [0.15, 0.2) is 12.3 Å². The fourth-order valence-corrected chi connectivity index (χ4v) is 14.3. The van der Waals surface area contributed by atoms with Gasteiger partial charge in [0.25, 0.3) is 0 Å². The van der Waals surface area contributed by atoms with E-state index in [9.17, 15) is 16.8 Å². The fraction of sp³-hybridized carbons (Fsp3) is 0.176. The van der Waals surface area contributed by atoms with Gasteiger partial charge in [-0.2, -0.15) is 0 Å². The second kappa shape index (κ2) is 37.0. The van der Waals surface area contributed by atoms with Gasteiger partial charge in [0, 0.05) is 0 Å². The van der Waals surface area contributed by atoms with Gasteiger partial charge in [-0.15, -0.1) is 70.8 Å². The van der Waals surface area contributed by atoms with E-state index in [4.69, 9.17) is 34.7 Å². The van der Waals surface area contributed by atoms with Gasteiger partial charge in [-0.05, 0) is 126 Å². The van der Waals surface area contributed by atoms with Crippen LogP contribution in [0.4, 0.5) is 16.8 Å². The average molecular weight is 1900 g/mol. The number of hydrogen-bond donors (Lipinski definition) is 0. The van der Waals surface area contributed by atoms with Crippen LogP contribution in [-0.4, -0.2) is 52.2 Å². The van der Waals surface area contributed by atoms with E-state index in [0.717, 1.165) is 47.9 Å². The van der Waals surface area contributed by atoms with Crippen molar-refractivity contribution < 1.29 is 115 Å². The molecule has 0 radical (unpaired) electrons. The van der Waals surface area contributed by atoms with Gasteiger partial charge in [-0.1, -0.05) is 127 Å². The topological polar surface area (TPSA) is 18.5 Å². The summed E-state index contributed by atoms with van der Waals surface area (Å²) in [6.45, 7) is 4.38. The molecule has 0 saturated carbocycles. The molecule has 2 nitrogen and oxygen atoms in total. The zero-order valence-corrected chi connectivity index (χ0v) is 58.0. The minimum atomic E-state index is -3.38. The third-order valence-electron chi connectivity index (χ3n) is 13.8. The maximum atomic E-state index is 11.2. The van der Waals surface area contributed by atoms with Crippen molar-refractivity contribution in [2.75, 3.05) is 52.2 Å². The molecule has 82 heavy (non-hydrogen) atoms. The normalized spacial score (nSPS) is 11.7. The molecular formula is C68H60Au4F4O2P4+4. The average Bonchev–Trinajstić information content (AvgIpc) is 4.48. The van der Waals surface area contributed by atoms with Crippen LogP contribution in [0, 0.1) is 49.4 Å². The monoisotopic (exact) mass is 1900 g/mol. The van der Waals surface area contributed by atoms with Crippen molar-refractivity contribution in [2.45, 2.75) is 25.7 Å². The molecule has 0 heterocycles. The zero-order chi connectivity index (χ0) is 55.6. The first-order valence-corrected chi connectivity index (χ1v) is 32.6. The van der Waals surface area contributed by atoms with Gasteiger partial charge < -0.3 is 25.7 Å². The van der Waals surface area contributed by atoms with E-state index in [2.05, 4.69) is 164 Å². The van der Waals surface area contributed by atoms with Gasteiger partial charge in [-0.25, -0.2) is 9.05 Å². The summed E-state index contributed by atoms with van der Waals surface area (Å²) >= 11 is 0. The second-order valence-electron chi connectivity index (χ2n) is 18.8. The Hall–Kier alpha value is -3.68. The summed E-state index contributed by atoms with van der Waals surface area (Å²) in [5.74, 6) is 9.75. The van der Waals surface area contributed by atoms with Crippen molar-refractivity contribution in [2.24, 2.45) is 0 Å². The Labute approximate surface area is 551 Å². The van der Waals surface area contributed by atoms with Gasteiger partial charge in [-0.3, -0.25) is 23.7 Å². The molecule has 0 spiro atoms. The third kappa shape index (κ3) is 20.2. The van der Waals surface area contributed by atoms with Gasteiger partial charge in [0.1, 0.15) is 28.6 Å². The smallest absolute Gasteiger partial charge is 0.366 e. The van der Waals surface area contributed by atoms with Crippen LogP contribution in [0.15, 0.2) is 170 Å². The van der Waals surface area contributed by atoms with Gasteiger partial charge >= 0.3 is 107 Å². The Balaban J connectivity index is 0.000000259. The molecule has 2 atom stereocenters. The molecular weight excluding hydrogens is 1840 g/mol.